The average Bonchev–Trinajstić information content (AvgIpc) is 2.89. The van der Waals surface area contributed by atoms with E-state index in [0.717, 1.165) is 12.1 Å². The second-order valence-electron chi connectivity index (χ2n) is 5.58. The highest BCUT2D eigenvalue weighted by atomic mass is 16.3. The van der Waals surface area contributed by atoms with Crippen LogP contribution in [0.15, 0.2) is 12.3 Å². The molecule has 0 aromatic carbocycles. The van der Waals surface area contributed by atoms with Crippen LogP contribution in [0.3, 0.4) is 0 Å². The second kappa shape index (κ2) is 5.77. The molecule has 2 rings (SSSR count). The van der Waals surface area contributed by atoms with Gasteiger partial charge < -0.3 is 10.4 Å². The van der Waals surface area contributed by atoms with Gasteiger partial charge in [0.2, 0.25) is 5.82 Å². The van der Waals surface area contributed by atoms with E-state index < -0.39 is 11.5 Å². The van der Waals surface area contributed by atoms with Gasteiger partial charge in [-0.15, -0.1) is 5.10 Å². The number of aryl methyl sites for hydroxylation is 1. The van der Waals surface area contributed by atoms with Gasteiger partial charge in [-0.05, 0) is 25.8 Å². The first-order valence-corrected chi connectivity index (χ1v) is 7.04. The highest BCUT2D eigenvalue weighted by molar-refractivity contribution is 5.90. The third kappa shape index (κ3) is 3.18. The summed E-state index contributed by atoms with van der Waals surface area (Å²) in [5, 5.41) is 17.1. The molecular weight excluding hydrogens is 270 g/mol. The molecule has 7 nitrogen and oxygen atoms in total. The van der Waals surface area contributed by atoms with Crippen molar-refractivity contribution in [3.63, 3.8) is 0 Å². The van der Waals surface area contributed by atoms with E-state index in [9.17, 15) is 9.90 Å². The molecule has 0 saturated carbocycles. The van der Waals surface area contributed by atoms with Gasteiger partial charge in [-0.1, -0.05) is 20.3 Å². The Morgan fingerprint density at radius 3 is 2.90 bits per heavy atom. The molecule has 0 spiro atoms. The number of amides is 1. The van der Waals surface area contributed by atoms with Gasteiger partial charge in [-0.2, -0.15) is 4.98 Å². The van der Waals surface area contributed by atoms with E-state index in [0.29, 0.717) is 5.78 Å². The fraction of sp³-hybridized carbons (Fsp3) is 0.571. The summed E-state index contributed by atoms with van der Waals surface area (Å²) in [7, 11) is 0. The number of rotatable bonds is 5. The fourth-order valence-corrected chi connectivity index (χ4v) is 1.95. The predicted molar refractivity (Wildman–Crippen MR) is 77.9 cm³/mol. The summed E-state index contributed by atoms with van der Waals surface area (Å²) in [5.74, 6) is 0.102. The van der Waals surface area contributed by atoms with E-state index in [2.05, 4.69) is 20.4 Å². The van der Waals surface area contributed by atoms with Crippen molar-refractivity contribution < 1.29 is 9.90 Å². The Balaban J connectivity index is 2.11. The topological polar surface area (TPSA) is 92.4 Å². The zero-order valence-electron chi connectivity index (χ0n) is 12.8. The zero-order valence-corrected chi connectivity index (χ0v) is 12.8. The Bertz CT molecular complexity index is 650. The lowest BCUT2D eigenvalue weighted by Gasteiger charge is -2.29. The minimum Gasteiger partial charge on any atom is -0.388 e. The van der Waals surface area contributed by atoms with Gasteiger partial charge in [0.25, 0.3) is 11.7 Å². The van der Waals surface area contributed by atoms with Crippen molar-refractivity contribution in [1.82, 2.24) is 24.9 Å². The Morgan fingerprint density at radius 1 is 1.57 bits per heavy atom. The summed E-state index contributed by atoms with van der Waals surface area (Å²) in [5.41, 5.74) is -0.115. The van der Waals surface area contributed by atoms with Crippen LogP contribution in [0.25, 0.3) is 5.78 Å². The minimum absolute atomic E-state index is 0.0525. The lowest BCUT2D eigenvalue weighted by Crippen LogP contribution is -2.45. The lowest BCUT2D eigenvalue weighted by atomic mass is 9.89. The van der Waals surface area contributed by atoms with Crippen molar-refractivity contribution in [3.05, 3.63) is 23.8 Å². The number of aliphatic hydroxyl groups is 1. The standard InChI is InChI=1S/C14H21N5O2/c1-5-9(2)14(4,21)8-16-12(20)11-17-13-15-7-6-10(3)19(13)18-11/h6-7,9,21H,5,8H2,1-4H3,(H,16,20). The molecular formula is C14H21N5O2. The molecule has 0 aliphatic heterocycles. The van der Waals surface area contributed by atoms with Crippen LogP contribution in [0, 0.1) is 12.8 Å². The molecule has 7 heteroatoms. The van der Waals surface area contributed by atoms with Crippen LogP contribution >= 0.6 is 0 Å². The van der Waals surface area contributed by atoms with E-state index in [1.165, 1.54) is 4.52 Å². The number of carbonyl (C=O) groups is 1. The Morgan fingerprint density at radius 2 is 2.29 bits per heavy atom. The van der Waals surface area contributed by atoms with Crippen molar-refractivity contribution in [2.75, 3.05) is 6.54 Å². The summed E-state index contributed by atoms with van der Waals surface area (Å²) < 4.78 is 1.52. The molecule has 0 aliphatic carbocycles. The molecule has 21 heavy (non-hydrogen) atoms. The Kier molecular flexibility index (Phi) is 4.22. The first kappa shape index (κ1) is 15.4. The first-order chi connectivity index (χ1) is 9.85. The van der Waals surface area contributed by atoms with Gasteiger partial charge in [0.05, 0.1) is 5.60 Å². The number of fused-ring (bicyclic) bond motifs is 1. The summed E-state index contributed by atoms with van der Waals surface area (Å²) in [6.45, 7) is 7.67. The highest BCUT2D eigenvalue weighted by Crippen LogP contribution is 2.18. The smallest absolute Gasteiger partial charge is 0.291 e. The van der Waals surface area contributed by atoms with Gasteiger partial charge in [0.1, 0.15) is 0 Å². The van der Waals surface area contributed by atoms with Crippen LogP contribution < -0.4 is 5.32 Å². The number of nitrogens with zero attached hydrogens (tertiary/aromatic N) is 4. The molecule has 0 bridgehead atoms. The molecule has 0 saturated heterocycles. The molecule has 2 N–H and O–H groups in total. The fourth-order valence-electron chi connectivity index (χ4n) is 1.95. The molecule has 2 atom stereocenters. The molecule has 0 aliphatic rings. The number of hydrogen-bond donors (Lipinski definition) is 2. The lowest BCUT2D eigenvalue weighted by molar-refractivity contribution is 0.00583. The monoisotopic (exact) mass is 291 g/mol. The third-order valence-electron chi connectivity index (χ3n) is 3.91. The molecule has 2 aromatic heterocycles. The predicted octanol–water partition coefficient (Wildman–Crippen LogP) is 0.960. The van der Waals surface area contributed by atoms with Gasteiger partial charge in [0.15, 0.2) is 0 Å². The minimum atomic E-state index is -0.961. The normalized spacial score (nSPS) is 15.7. The molecule has 2 heterocycles. The maximum absolute atomic E-state index is 12.1. The summed E-state index contributed by atoms with van der Waals surface area (Å²) >= 11 is 0. The van der Waals surface area contributed by atoms with E-state index in [1.807, 2.05) is 20.8 Å². The van der Waals surface area contributed by atoms with E-state index in [1.54, 1.807) is 19.2 Å². The Labute approximate surface area is 123 Å². The van der Waals surface area contributed by atoms with Crippen molar-refractivity contribution in [2.45, 2.75) is 39.7 Å². The van der Waals surface area contributed by atoms with E-state index in [-0.39, 0.29) is 18.3 Å². The third-order valence-corrected chi connectivity index (χ3v) is 3.91. The first-order valence-electron chi connectivity index (χ1n) is 7.04. The second-order valence-corrected chi connectivity index (χ2v) is 5.58. The molecule has 2 aromatic rings. The number of carbonyl (C=O) groups excluding carboxylic acids is 1. The SMILES string of the molecule is CCC(C)C(C)(O)CNC(=O)c1nc2nccc(C)n2n1. The molecule has 1 amide bonds. The van der Waals surface area contributed by atoms with Crippen LogP contribution in [0.2, 0.25) is 0 Å². The van der Waals surface area contributed by atoms with Crippen LogP contribution in [0.5, 0.6) is 0 Å². The maximum atomic E-state index is 12.1. The largest absolute Gasteiger partial charge is 0.388 e. The molecule has 0 radical (unpaired) electrons. The van der Waals surface area contributed by atoms with E-state index >= 15 is 0 Å². The van der Waals surface area contributed by atoms with Crippen molar-refractivity contribution in [2.24, 2.45) is 5.92 Å². The highest BCUT2D eigenvalue weighted by Gasteiger charge is 2.28. The van der Waals surface area contributed by atoms with Gasteiger partial charge >= 0.3 is 0 Å². The van der Waals surface area contributed by atoms with Crippen molar-refractivity contribution >= 4 is 11.7 Å². The number of nitrogens with one attached hydrogen (secondary N) is 1. The molecule has 2 unspecified atom stereocenters. The quantitative estimate of drug-likeness (QED) is 0.856. The van der Waals surface area contributed by atoms with Crippen molar-refractivity contribution in [3.8, 4) is 0 Å². The van der Waals surface area contributed by atoms with Crippen molar-refractivity contribution in [1.29, 1.82) is 0 Å². The maximum Gasteiger partial charge on any atom is 0.291 e. The Hall–Kier alpha value is -2.02. The molecule has 114 valence electrons. The van der Waals surface area contributed by atoms with Crippen LogP contribution in [-0.4, -0.2) is 42.7 Å². The summed E-state index contributed by atoms with van der Waals surface area (Å²) in [4.78, 5) is 20.2. The average molecular weight is 291 g/mol. The van der Waals surface area contributed by atoms with Gasteiger partial charge in [-0.3, -0.25) is 4.79 Å². The van der Waals surface area contributed by atoms with Crippen LogP contribution in [0.1, 0.15) is 43.5 Å². The van der Waals surface area contributed by atoms with Crippen LogP contribution in [0.4, 0.5) is 0 Å². The molecule has 0 fully saturated rings. The summed E-state index contributed by atoms with van der Waals surface area (Å²) in [6, 6.07) is 1.79. The van der Waals surface area contributed by atoms with Gasteiger partial charge in [-0.25, -0.2) is 9.50 Å². The zero-order chi connectivity index (χ0) is 15.6. The van der Waals surface area contributed by atoms with Crippen LogP contribution in [-0.2, 0) is 0 Å². The number of aromatic nitrogens is 4. The summed E-state index contributed by atoms with van der Waals surface area (Å²) in [6.07, 6.45) is 2.45. The van der Waals surface area contributed by atoms with E-state index in [4.69, 9.17) is 0 Å². The van der Waals surface area contributed by atoms with Gasteiger partial charge in [0, 0.05) is 18.4 Å². The number of hydrogen-bond acceptors (Lipinski definition) is 5.